The van der Waals surface area contributed by atoms with Gasteiger partial charge in [-0.15, -0.1) is 0 Å². The van der Waals surface area contributed by atoms with Crippen LogP contribution in [-0.2, 0) is 14.8 Å². The fourth-order valence-electron chi connectivity index (χ4n) is 2.10. The van der Waals surface area contributed by atoms with Gasteiger partial charge in [0.25, 0.3) is 0 Å². The summed E-state index contributed by atoms with van der Waals surface area (Å²) in [4.78, 5) is 0.0201. The van der Waals surface area contributed by atoms with Crippen molar-refractivity contribution in [2.75, 3.05) is 25.5 Å². The first-order valence-corrected chi connectivity index (χ1v) is 7.55. The van der Waals surface area contributed by atoms with Crippen molar-refractivity contribution in [3.63, 3.8) is 0 Å². The van der Waals surface area contributed by atoms with Gasteiger partial charge in [0.2, 0.25) is 10.0 Å². The average Bonchev–Trinajstić information content (AvgIpc) is 2.41. The molecule has 2 N–H and O–H groups in total. The second kappa shape index (κ2) is 5.44. The topological polar surface area (TPSA) is 72.6 Å². The molecule has 0 amide bonds. The van der Waals surface area contributed by atoms with Gasteiger partial charge in [-0.1, -0.05) is 6.92 Å². The fraction of sp³-hybridized carbons (Fsp3) is 0.500. The molecule has 1 aliphatic rings. The number of nitrogens with two attached hydrogens (primary N) is 1. The van der Waals surface area contributed by atoms with Gasteiger partial charge in [0, 0.05) is 12.6 Å². The van der Waals surface area contributed by atoms with E-state index in [1.807, 2.05) is 6.92 Å². The lowest BCUT2D eigenvalue weighted by Crippen LogP contribution is -2.48. The summed E-state index contributed by atoms with van der Waals surface area (Å²) in [6.45, 7) is 2.96. The number of ether oxygens (including phenoxy) is 1. The monoisotopic (exact) mass is 288 g/mol. The lowest BCUT2D eigenvalue weighted by atomic mass is 10.2. The Balaban J connectivity index is 2.37. The van der Waals surface area contributed by atoms with Crippen LogP contribution in [0.1, 0.15) is 13.3 Å². The van der Waals surface area contributed by atoms with Gasteiger partial charge in [-0.2, -0.15) is 4.31 Å². The summed E-state index contributed by atoms with van der Waals surface area (Å²) < 4.78 is 44.8. The molecular formula is C12H17FN2O3S. The molecule has 1 fully saturated rings. The molecule has 0 aromatic heterocycles. The molecule has 0 radical (unpaired) electrons. The zero-order valence-electron chi connectivity index (χ0n) is 10.7. The maximum Gasteiger partial charge on any atom is 0.243 e. The maximum absolute atomic E-state index is 13.1. The van der Waals surface area contributed by atoms with Crippen LogP contribution in [0.3, 0.4) is 0 Å². The van der Waals surface area contributed by atoms with Crippen LogP contribution in [0.25, 0.3) is 0 Å². The van der Waals surface area contributed by atoms with Gasteiger partial charge in [0.15, 0.2) is 0 Å². The predicted octanol–water partition coefficient (Wildman–Crippen LogP) is 1.21. The van der Waals surface area contributed by atoms with Gasteiger partial charge in [-0.25, -0.2) is 12.8 Å². The van der Waals surface area contributed by atoms with Crippen LogP contribution >= 0.6 is 0 Å². The number of nitrogen functional groups attached to an aromatic ring is 1. The maximum atomic E-state index is 13.1. The molecule has 0 bridgehead atoms. The number of hydrogen-bond donors (Lipinski definition) is 1. The second-order valence-electron chi connectivity index (χ2n) is 4.44. The SMILES string of the molecule is CCC1COCCN1S(=O)(=O)c1ccc(F)c(N)c1. The molecule has 0 spiro atoms. The Morgan fingerprint density at radius 2 is 2.26 bits per heavy atom. The standard InChI is InChI=1S/C12H17FN2O3S/c1-2-9-8-18-6-5-15(9)19(16,17)10-3-4-11(13)12(14)7-10/h3-4,7,9H,2,5-6,8,14H2,1H3. The zero-order valence-corrected chi connectivity index (χ0v) is 11.5. The van der Waals surface area contributed by atoms with Crippen LogP contribution in [0.2, 0.25) is 0 Å². The van der Waals surface area contributed by atoms with Gasteiger partial charge >= 0.3 is 0 Å². The molecule has 1 aromatic rings. The van der Waals surface area contributed by atoms with Crippen molar-refractivity contribution in [2.24, 2.45) is 0 Å². The van der Waals surface area contributed by atoms with Crippen molar-refractivity contribution in [3.05, 3.63) is 24.0 Å². The number of hydrogen-bond acceptors (Lipinski definition) is 4. The molecule has 1 aromatic carbocycles. The van der Waals surface area contributed by atoms with E-state index in [1.54, 1.807) is 0 Å². The molecule has 5 nitrogen and oxygen atoms in total. The highest BCUT2D eigenvalue weighted by atomic mass is 32.2. The minimum absolute atomic E-state index is 0.0201. The molecule has 1 aliphatic heterocycles. The third kappa shape index (κ3) is 2.72. The number of sulfonamides is 1. The Kier molecular flexibility index (Phi) is 4.07. The second-order valence-corrected chi connectivity index (χ2v) is 6.33. The molecule has 1 saturated heterocycles. The van der Waals surface area contributed by atoms with Crippen LogP contribution in [0.5, 0.6) is 0 Å². The summed E-state index contributed by atoms with van der Waals surface area (Å²) >= 11 is 0. The van der Waals surface area contributed by atoms with Crippen molar-refractivity contribution in [1.29, 1.82) is 0 Å². The van der Waals surface area contributed by atoms with Gasteiger partial charge in [0.05, 0.1) is 23.8 Å². The number of anilines is 1. The molecule has 2 rings (SSSR count). The number of rotatable bonds is 3. The zero-order chi connectivity index (χ0) is 14.0. The van der Waals surface area contributed by atoms with E-state index in [2.05, 4.69) is 0 Å². The first-order valence-electron chi connectivity index (χ1n) is 6.11. The Labute approximate surface area is 112 Å². The molecule has 106 valence electrons. The first kappa shape index (κ1) is 14.2. The quantitative estimate of drug-likeness (QED) is 0.848. The summed E-state index contributed by atoms with van der Waals surface area (Å²) in [6.07, 6.45) is 0.663. The Morgan fingerprint density at radius 1 is 1.53 bits per heavy atom. The van der Waals surface area contributed by atoms with Crippen molar-refractivity contribution < 1.29 is 17.5 Å². The summed E-state index contributed by atoms with van der Waals surface area (Å²) in [5.74, 6) is -0.618. The van der Waals surface area contributed by atoms with Gasteiger partial charge < -0.3 is 10.5 Å². The highest BCUT2D eigenvalue weighted by Crippen LogP contribution is 2.24. The Morgan fingerprint density at radius 3 is 2.89 bits per heavy atom. The molecule has 7 heteroatoms. The predicted molar refractivity (Wildman–Crippen MR) is 69.6 cm³/mol. The molecule has 0 saturated carbocycles. The van der Waals surface area contributed by atoms with E-state index in [9.17, 15) is 12.8 Å². The van der Waals surface area contributed by atoms with Crippen LogP contribution in [0, 0.1) is 5.82 Å². The Hall–Kier alpha value is -1.18. The van der Waals surface area contributed by atoms with E-state index in [0.29, 0.717) is 26.2 Å². The molecule has 0 aliphatic carbocycles. The minimum atomic E-state index is -3.66. The van der Waals surface area contributed by atoms with Crippen molar-refractivity contribution >= 4 is 15.7 Å². The highest BCUT2D eigenvalue weighted by molar-refractivity contribution is 7.89. The lowest BCUT2D eigenvalue weighted by molar-refractivity contribution is 0.0314. The molecule has 1 heterocycles. The fourth-order valence-corrected chi connectivity index (χ4v) is 3.80. The van der Waals surface area contributed by atoms with Crippen molar-refractivity contribution in [3.8, 4) is 0 Å². The van der Waals surface area contributed by atoms with E-state index in [1.165, 1.54) is 10.4 Å². The third-order valence-corrected chi connectivity index (χ3v) is 5.17. The molecule has 1 unspecified atom stereocenters. The molecule has 19 heavy (non-hydrogen) atoms. The summed E-state index contributed by atoms with van der Waals surface area (Å²) in [6, 6.07) is 3.28. The summed E-state index contributed by atoms with van der Waals surface area (Å²) in [5.41, 5.74) is 5.27. The highest BCUT2D eigenvalue weighted by Gasteiger charge is 2.33. The van der Waals surface area contributed by atoms with Crippen LogP contribution in [-0.4, -0.2) is 38.5 Å². The normalized spacial score (nSPS) is 21.5. The number of benzene rings is 1. The van der Waals surface area contributed by atoms with E-state index < -0.39 is 15.8 Å². The summed E-state index contributed by atoms with van der Waals surface area (Å²) in [5, 5.41) is 0. The molecular weight excluding hydrogens is 271 g/mol. The number of nitrogens with zero attached hydrogens (tertiary/aromatic N) is 1. The number of halogens is 1. The lowest BCUT2D eigenvalue weighted by Gasteiger charge is -2.34. The van der Waals surface area contributed by atoms with E-state index in [4.69, 9.17) is 10.5 Å². The average molecular weight is 288 g/mol. The van der Waals surface area contributed by atoms with Gasteiger partial charge in [-0.3, -0.25) is 0 Å². The van der Waals surface area contributed by atoms with Gasteiger partial charge in [0.1, 0.15) is 5.82 Å². The minimum Gasteiger partial charge on any atom is -0.396 e. The van der Waals surface area contributed by atoms with E-state index in [-0.39, 0.29) is 16.6 Å². The summed E-state index contributed by atoms with van der Waals surface area (Å²) in [7, 11) is -3.66. The van der Waals surface area contributed by atoms with E-state index >= 15 is 0 Å². The van der Waals surface area contributed by atoms with Crippen molar-refractivity contribution in [2.45, 2.75) is 24.3 Å². The Bertz CT molecular complexity index is 562. The van der Waals surface area contributed by atoms with Crippen molar-refractivity contribution in [1.82, 2.24) is 4.31 Å². The molecule has 1 atom stereocenters. The van der Waals surface area contributed by atoms with Crippen LogP contribution < -0.4 is 5.73 Å². The third-order valence-electron chi connectivity index (χ3n) is 3.22. The van der Waals surface area contributed by atoms with Gasteiger partial charge in [-0.05, 0) is 24.6 Å². The largest absolute Gasteiger partial charge is 0.396 e. The smallest absolute Gasteiger partial charge is 0.243 e. The van der Waals surface area contributed by atoms with Crippen LogP contribution in [0.15, 0.2) is 23.1 Å². The first-order chi connectivity index (χ1) is 8.96. The van der Waals surface area contributed by atoms with Crippen LogP contribution in [0.4, 0.5) is 10.1 Å². The number of morpholine rings is 1. The van der Waals surface area contributed by atoms with E-state index in [0.717, 1.165) is 12.1 Å².